The molecule has 1 unspecified atom stereocenters. The minimum Gasteiger partial charge on any atom is -0.454 e. The van der Waals surface area contributed by atoms with Crippen molar-refractivity contribution in [3.8, 4) is 11.5 Å². The maximum Gasteiger partial charge on any atom is 0.309 e. The first-order chi connectivity index (χ1) is 14.2. The first-order valence-corrected chi connectivity index (χ1v) is 10.4. The van der Waals surface area contributed by atoms with Crippen molar-refractivity contribution in [1.82, 2.24) is 15.5 Å². The smallest absolute Gasteiger partial charge is 0.309 e. The maximum absolute atomic E-state index is 12.3. The predicted octanol–water partition coefficient (Wildman–Crippen LogP) is 1.28. The molecule has 1 atom stereocenters. The van der Waals surface area contributed by atoms with Gasteiger partial charge in [-0.2, -0.15) is 0 Å². The summed E-state index contributed by atoms with van der Waals surface area (Å²) in [7, 11) is 0. The molecule has 1 aromatic carbocycles. The molecule has 1 saturated heterocycles. The fraction of sp³-hybridized carbons (Fsp3) is 0.400. The molecule has 4 rings (SSSR count). The van der Waals surface area contributed by atoms with Crippen molar-refractivity contribution < 1.29 is 23.8 Å². The van der Waals surface area contributed by atoms with Crippen LogP contribution in [0.25, 0.3) is 0 Å². The zero-order chi connectivity index (χ0) is 20.1. The van der Waals surface area contributed by atoms with Crippen LogP contribution < -0.4 is 20.1 Å². The van der Waals surface area contributed by atoms with Crippen LogP contribution in [0.3, 0.4) is 0 Å². The van der Waals surface area contributed by atoms with Gasteiger partial charge in [0.15, 0.2) is 11.5 Å². The zero-order valence-corrected chi connectivity index (χ0v) is 16.7. The molecule has 2 aromatic rings. The van der Waals surface area contributed by atoms with E-state index in [1.54, 1.807) is 0 Å². The topological polar surface area (TPSA) is 89.1 Å². The molecule has 0 bridgehead atoms. The van der Waals surface area contributed by atoms with Gasteiger partial charge in [0.2, 0.25) is 6.79 Å². The monoisotopic (exact) mass is 417 g/mol. The van der Waals surface area contributed by atoms with Crippen LogP contribution in [0, 0.1) is 0 Å². The van der Waals surface area contributed by atoms with Crippen LogP contribution in [0.1, 0.15) is 16.5 Å². The standard InChI is InChI=1S/C20H23N3O5S/c24-19(21-11-15-2-1-9-29-15)20(25)22-12-16(23-5-7-26-8-6-23)14-3-4-17-18(10-14)28-13-27-17/h1-4,9-10,16H,5-8,11-13H2,(H,21,24)(H,22,25). The molecule has 2 aliphatic heterocycles. The van der Waals surface area contributed by atoms with Gasteiger partial charge in [0.05, 0.1) is 25.8 Å². The molecule has 2 aliphatic rings. The van der Waals surface area contributed by atoms with Crippen LogP contribution in [0.2, 0.25) is 0 Å². The van der Waals surface area contributed by atoms with Crippen molar-refractivity contribution >= 4 is 23.2 Å². The largest absolute Gasteiger partial charge is 0.454 e. The lowest BCUT2D eigenvalue weighted by Gasteiger charge is -2.34. The highest BCUT2D eigenvalue weighted by Crippen LogP contribution is 2.35. The molecular weight excluding hydrogens is 394 g/mol. The van der Waals surface area contributed by atoms with Gasteiger partial charge in [-0.25, -0.2) is 0 Å². The second-order valence-electron chi connectivity index (χ2n) is 6.75. The van der Waals surface area contributed by atoms with Gasteiger partial charge in [-0.05, 0) is 29.1 Å². The number of hydrogen-bond acceptors (Lipinski definition) is 7. The Hall–Kier alpha value is -2.62. The molecule has 1 fully saturated rings. The summed E-state index contributed by atoms with van der Waals surface area (Å²) in [6.07, 6.45) is 0. The Labute approximate surface area is 172 Å². The minimum atomic E-state index is -0.638. The average molecular weight is 417 g/mol. The summed E-state index contributed by atoms with van der Waals surface area (Å²) in [6.45, 7) is 3.64. The highest BCUT2D eigenvalue weighted by molar-refractivity contribution is 7.09. The van der Waals surface area contributed by atoms with Gasteiger partial charge >= 0.3 is 11.8 Å². The molecule has 3 heterocycles. The van der Waals surface area contributed by atoms with E-state index >= 15 is 0 Å². The number of hydrogen-bond donors (Lipinski definition) is 2. The van der Waals surface area contributed by atoms with Gasteiger partial charge in [0, 0.05) is 24.5 Å². The number of carbonyl (C=O) groups excluding carboxylic acids is 2. The number of nitrogens with one attached hydrogen (secondary N) is 2. The van der Waals surface area contributed by atoms with Gasteiger partial charge in [-0.15, -0.1) is 11.3 Å². The Morgan fingerprint density at radius 3 is 2.66 bits per heavy atom. The Morgan fingerprint density at radius 1 is 1.07 bits per heavy atom. The molecule has 8 nitrogen and oxygen atoms in total. The summed E-state index contributed by atoms with van der Waals surface area (Å²) in [5.74, 6) is 0.137. The first kappa shape index (κ1) is 19.7. The number of amides is 2. The average Bonchev–Trinajstić information content (AvgIpc) is 3.44. The second kappa shape index (κ2) is 9.25. The van der Waals surface area contributed by atoms with Crippen molar-refractivity contribution in [3.05, 3.63) is 46.2 Å². The van der Waals surface area contributed by atoms with Crippen LogP contribution in [-0.4, -0.2) is 56.4 Å². The number of thiophene rings is 1. The zero-order valence-electron chi connectivity index (χ0n) is 15.9. The Kier molecular flexibility index (Phi) is 6.28. The number of morpholine rings is 1. The molecule has 1 aromatic heterocycles. The normalized spacial score (nSPS) is 17.0. The van der Waals surface area contributed by atoms with E-state index in [1.165, 1.54) is 11.3 Å². The van der Waals surface area contributed by atoms with Crippen LogP contribution >= 0.6 is 11.3 Å². The number of nitrogens with zero attached hydrogens (tertiary/aromatic N) is 1. The van der Waals surface area contributed by atoms with Crippen LogP contribution in [0.5, 0.6) is 11.5 Å². The molecule has 0 saturated carbocycles. The van der Waals surface area contributed by atoms with Gasteiger partial charge in [0.1, 0.15) is 0 Å². The van der Waals surface area contributed by atoms with Crippen LogP contribution in [0.15, 0.2) is 35.7 Å². The van der Waals surface area contributed by atoms with E-state index in [9.17, 15) is 9.59 Å². The Balaban J connectivity index is 1.40. The van der Waals surface area contributed by atoms with E-state index in [1.807, 2.05) is 35.7 Å². The van der Waals surface area contributed by atoms with Gasteiger partial charge < -0.3 is 24.8 Å². The van der Waals surface area contributed by atoms with E-state index in [0.29, 0.717) is 37.8 Å². The maximum atomic E-state index is 12.3. The number of carbonyl (C=O) groups is 2. The summed E-state index contributed by atoms with van der Waals surface area (Å²) < 4.78 is 16.3. The molecular formula is C20H23N3O5S. The molecule has 154 valence electrons. The van der Waals surface area contributed by atoms with Crippen molar-refractivity contribution in [2.45, 2.75) is 12.6 Å². The molecule has 2 amide bonds. The third kappa shape index (κ3) is 4.87. The van der Waals surface area contributed by atoms with Gasteiger partial charge in [-0.3, -0.25) is 14.5 Å². The summed E-state index contributed by atoms with van der Waals surface area (Å²) in [4.78, 5) is 27.7. The second-order valence-corrected chi connectivity index (χ2v) is 7.78. The summed E-state index contributed by atoms with van der Waals surface area (Å²) in [5, 5.41) is 7.36. The number of ether oxygens (including phenoxy) is 3. The number of benzene rings is 1. The van der Waals surface area contributed by atoms with E-state index in [4.69, 9.17) is 14.2 Å². The summed E-state index contributed by atoms with van der Waals surface area (Å²) in [5.41, 5.74) is 0.996. The first-order valence-electron chi connectivity index (χ1n) is 9.50. The molecule has 0 aliphatic carbocycles. The van der Waals surface area contributed by atoms with Crippen LogP contribution in [0.4, 0.5) is 0 Å². The number of rotatable bonds is 6. The van der Waals surface area contributed by atoms with Crippen molar-refractivity contribution in [2.75, 3.05) is 39.6 Å². The van der Waals surface area contributed by atoms with E-state index in [0.717, 1.165) is 23.5 Å². The summed E-state index contributed by atoms with van der Waals surface area (Å²) in [6, 6.07) is 9.51. The van der Waals surface area contributed by atoms with E-state index < -0.39 is 11.8 Å². The molecule has 0 spiro atoms. The van der Waals surface area contributed by atoms with Crippen molar-refractivity contribution in [3.63, 3.8) is 0 Å². The Bertz CT molecular complexity index is 852. The van der Waals surface area contributed by atoms with Gasteiger partial charge in [-0.1, -0.05) is 12.1 Å². The highest BCUT2D eigenvalue weighted by Gasteiger charge is 2.26. The van der Waals surface area contributed by atoms with Crippen molar-refractivity contribution in [2.24, 2.45) is 0 Å². The fourth-order valence-corrected chi connectivity index (χ4v) is 4.04. The predicted molar refractivity (Wildman–Crippen MR) is 107 cm³/mol. The molecule has 2 N–H and O–H groups in total. The lowest BCUT2D eigenvalue weighted by atomic mass is 10.0. The Morgan fingerprint density at radius 2 is 1.86 bits per heavy atom. The van der Waals surface area contributed by atoms with Crippen molar-refractivity contribution in [1.29, 1.82) is 0 Å². The fourth-order valence-electron chi connectivity index (χ4n) is 3.40. The van der Waals surface area contributed by atoms with Crippen LogP contribution in [-0.2, 0) is 20.9 Å². The summed E-state index contributed by atoms with van der Waals surface area (Å²) >= 11 is 1.53. The van der Waals surface area contributed by atoms with E-state index in [2.05, 4.69) is 15.5 Å². The third-order valence-electron chi connectivity index (χ3n) is 4.93. The van der Waals surface area contributed by atoms with Gasteiger partial charge in [0.25, 0.3) is 0 Å². The quantitative estimate of drug-likeness (QED) is 0.689. The third-order valence-corrected chi connectivity index (χ3v) is 5.81. The lowest BCUT2D eigenvalue weighted by molar-refractivity contribution is -0.139. The molecule has 9 heteroatoms. The molecule has 29 heavy (non-hydrogen) atoms. The number of fused-ring (bicyclic) bond motifs is 1. The lowest BCUT2D eigenvalue weighted by Crippen LogP contribution is -2.46. The highest BCUT2D eigenvalue weighted by atomic mass is 32.1. The van der Waals surface area contributed by atoms with E-state index in [-0.39, 0.29) is 12.8 Å². The minimum absolute atomic E-state index is 0.0950. The SMILES string of the molecule is O=C(NCc1cccs1)C(=O)NCC(c1ccc2c(c1)OCO2)N1CCOCC1. The molecule has 0 radical (unpaired) electrons.